The molecule has 3 nitrogen and oxygen atoms in total. The summed E-state index contributed by atoms with van der Waals surface area (Å²) in [6.07, 6.45) is 8.28. The minimum atomic E-state index is 0.530. The van der Waals surface area contributed by atoms with Crippen molar-refractivity contribution in [1.29, 1.82) is 0 Å². The number of hydrogen-bond acceptors (Lipinski definition) is 3. The van der Waals surface area contributed by atoms with Crippen molar-refractivity contribution in [2.45, 2.75) is 58.5 Å². The number of nitrogens with one attached hydrogen (secondary N) is 1. The Morgan fingerprint density at radius 2 is 2.31 bits per heavy atom. The van der Waals surface area contributed by atoms with Crippen molar-refractivity contribution in [1.82, 2.24) is 10.5 Å². The van der Waals surface area contributed by atoms with Gasteiger partial charge in [0, 0.05) is 12.1 Å². The van der Waals surface area contributed by atoms with Gasteiger partial charge in [-0.05, 0) is 31.1 Å². The number of aromatic nitrogens is 1. The zero-order chi connectivity index (χ0) is 11.4. The van der Waals surface area contributed by atoms with Crippen LogP contribution >= 0.6 is 0 Å². The Balaban J connectivity index is 1.78. The summed E-state index contributed by atoms with van der Waals surface area (Å²) < 4.78 is 5.08. The fraction of sp³-hybridized carbons (Fsp3) is 0.769. The minimum Gasteiger partial charge on any atom is -0.360 e. The molecule has 1 aromatic heterocycles. The fourth-order valence-electron chi connectivity index (χ4n) is 2.44. The van der Waals surface area contributed by atoms with Crippen LogP contribution in [0.5, 0.6) is 0 Å². The van der Waals surface area contributed by atoms with Gasteiger partial charge in [-0.25, -0.2) is 0 Å². The zero-order valence-corrected chi connectivity index (χ0v) is 10.3. The van der Waals surface area contributed by atoms with Gasteiger partial charge in [0.1, 0.15) is 5.76 Å². The van der Waals surface area contributed by atoms with Gasteiger partial charge in [-0.15, -0.1) is 0 Å². The predicted octanol–water partition coefficient (Wildman–Crippen LogP) is 3.12. The van der Waals surface area contributed by atoms with Gasteiger partial charge < -0.3 is 9.84 Å². The SMILES string of the molecule is CC1(C)CCCC(NCc2ccno2)CC1. The van der Waals surface area contributed by atoms with Gasteiger partial charge in [0.05, 0.1) is 12.7 Å². The summed E-state index contributed by atoms with van der Waals surface area (Å²) in [4.78, 5) is 0. The maximum Gasteiger partial charge on any atom is 0.150 e. The lowest BCUT2D eigenvalue weighted by Gasteiger charge is -2.22. The van der Waals surface area contributed by atoms with Crippen molar-refractivity contribution < 1.29 is 4.52 Å². The molecule has 3 heteroatoms. The Hall–Kier alpha value is -0.830. The average Bonchev–Trinajstić information content (AvgIpc) is 2.68. The van der Waals surface area contributed by atoms with E-state index in [0.717, 1.165) is 12.3 Å². The average molecular weight is 222 g/mol. The van der Waals surface area contributed by atoms with E-state index < -0.39 is 0 Å². The first-order valence-corrected chi connectivity index (χ1v) is 6.29. The van der Waals surface area contributed by atoms with E-state index in [1.54, 1.807) is 6.20 Å². The molecule has 0 spiro atoms. The summed E-state index contributed by atoms with van der Waals surface area (Å²) in [5, 5.41) is 7.28. The van der Waals surface area contributed by atoms with Crippen LogP contribution in [0.25, 0.3) is 0 Å². The molecule has 0 amide bonds. The summed E-state index contributed by atoms with van der Waals surface area (Å²) in [6.45, 7) is 5.57. The first-order chi connectivity index (χ1) is 7.66. The van der Waals surface area contributed by atoms with Crippen molar-refractivity contribution >= 4 is 0 Å². The summed E-state index contributed by atoms with van der Waals surface area (Å²) in [7, 11) is 0. The molecular weight excluding hydrogens is 200 g/mol. The molecule has 1 fully saturated rings. The Kier molecular flexibility index (Phi) is 3.64. The molecule has 1 aromatic rings. The monoisotopic (exact) mass is 222 g/mol. The Labute approximate surface area is 97.6 Å². The predicted molar refractivity (Wildman–Crippen MR) is 64.0 cm³/mol. The summed E-state index contributed by atoms with van der Waals surface area (Å²) in [6, 6.07) is 2.57. The summed E-state index contributed by atoms with van der Waals surface area (Å²) in [5.74, 6) is 0.934. The molecule has 0 radical (unpaired) electrons. The van der Waals surface area contributed by atoms with E-state index in [9.17, 15) is 0 Å². The van der Waals surface area contributed by atoms with Crippen LogP contribution in [0.1, 0.15) is 51.7 Å². The molecule has 1 atom stereocenters. The lowest BCUT2D eigenvalue weighted by molar-refractivity contribution is 0.307. The van der Waals surface area contributed by atoms with Crippen molar-refractivity contribution in [3.8, 4) is 0 Å². The summed E-state index contributed by atoms with van der Waals surface area (Å²) >= 11 is 0. The number of nitrogens with zero attached hydrogens (tertiary/aromatic N) is 1. The highest BCUT2D eigenvalue weighted by molar-refractivity contribution is 4.93. The van der Waals surface area contributed by atoms with Crippen LogP contribution in [-0.4, -0.2) is 11.2 Å². The normalized spacial score (nSPS) is 25.2. The van der Waals surface area contributed by atoms with E-state index in [2.05, 4.69) is 24.3 Å². The highest BCUT2D eigenvalue weighted by Gasteiger charge is 2.23. The van der Waals surface area contributed by atoms with Gasteiger partial charge >= 0.3 is 0 Å². The molecule has 0 bridgehead atoms. The van der Waals surface area contributed by atoms with Crippen molar-refractivity contribution in [3.05, 3.63) is 18.0 Å². The smallest absolute Gasteiger partial charge is 0.150 e. The van der Waals surface area contributed by atoms with Gasteiger partial charge in [0.25, 0.3) is 0 Å². The van der Waals surface area contributed by atoms with Crippen LogP contribution in [0.3, 0.4) is 0 Å². The molecular formula is C13H22N2O. The molecule has 90 valence electrons. The van der Waals surface area contributed by atoms with Crippen LogP contribution in [0, 0.1) is 5.41 Å². The van der Waals surface area contributed by atoms with Crippen molar-refractivity contribution in [2.24, 2.45) is 5.41 Å². The Bertz CT molecular complexity index is 306. The molecule has 1 saturated carbocycles. The van der Waals surface area contributed by atoms with E-state index in [0.29, 0.717) is 11.5 Å². The van der Waals surface area contributed by atoms with Gasteiger partial charge in [-0.3, -0.25) is 0 Å². The lowest BCUT2D eigenvalue weighted by Crippen LogP contribution is -2.28. The molecule has 0 aliphatic heterocycles. The minimum absolute atomic E-state index is 0.530. The maximum atomic E-state index is 5.08. The molecule has 1 aliphatic rings. The van der Waals surface area contributed by atoms with E-state index in [1.165, 1.54) is 32.1 Å². The van der Waals surface area contributed by atoms with E-state index in [1.807, 2.05) is 6.07 Å². The number of rotatable bonds is 3. The molecule has 1 aliphatic carbocycles. The maximum absolute atomic E-state index is 5.08. The lowest BCUT2D eigenvalue weighted by atomic mass is 9.85. The Morgan fingerprint density at radius 3 is 3.06 bits per heavy atom. The second-order valence-electron chi connectivity index (χ2n) is 5.65. The highest BCUT2D eigenvalue weighted by atomic mass is 16.5. The molecule has 0 saturated heterocycles. The standard InChI is InChI=1S/C13H22N2O/c1-13(2)7-3-4-11(5-8-13)14-10-12-6-9-15-16-12/h6,9,11,14H,3-5,7-8,10H2,1-2H3. The third-order valence-corrected chi connectivity index (χ3v) is 3.63. The van der Waals surface area contributed by atoms with Crippen molar-refractivity contribution in [2.75, 3.05) is 0 Å². The molecule has 2 rings (SSSR count). The molecule has 1 unspecified atom stereocenters. The van der Waals surface area contributed by atoms with Gasteiger partial charge in [-0.2, -0.15) is 0 Å². The second-order valence-corrected chi connectivity index (χ2v) is 5.65. The largest absolute Gasteiger partial charge is 0.360 e. The van der Waals surface area contributed by atoms with E-state index >= 15 is 0 Å². The molecule has 1 heterocycles. The van der Waals surface area contributed by atoms with Crippen molar-refractivity contribution in [3.63, 3.8) is 0 Å². The van der Waals surface area contributed by atoms with Crippen LogP contribution in [-0.2, 0) is 6.54 Å². The van der Waals surface area contributed by atoms with Crippen LogP contribution in [0.4, 0.5) is 0 Å². The topological polar surface area (TPSA) is 38.1 Å². The molecule has 1 N–H and O–H groups in total. The quantitative estimate of drug-likeness (QED) is 0.798. The zero-order valence-electron chi connectivity index (χ0n) is 10.3. The van der Waals surface area contributed by atoms with Crippen LogP contribution in [0.2, 0.25) is 0 Å². The second kappa shape index (κ2) is 5.00. The highest BCUT2D eigenvalue weighted by Crippen LogP contribution is 2.33. The Morgan fingerprint density at radius 1 is 1.44 bits per heavy atom. The first-order valence-electron chi connectivity index (χ1n) is 6.29. The first kappa shape index (κ1) is 11.6. The number of hydrogen-bond donors (Lipinski definition) is 1. The van der Waals surface area contributed by atoms with Crippen LogP contribution in [0.15, 0.2) is 16.8 Å². The van der Waals surface area contributed by atoms with Gasteiger partial charge in [0.15, 0.2) is 0 Å². The van der Waals surface area contributed by atoms with Crippen LogP contribution < -0.4 is 5.32 Å². The molecule has 16 heavy (non-hydrogen) atoms. The van der Waals surface area contributed by atoms with E-state index in [4.69, 9.17) is 4.52 Å². The van der Waals surface area contributed by atoms with Gasteiger partial charge in [0.2, 0.25) is 0 Å². The summed E-state index contributed by atoms with van der Waals surface area (Å²) in [5.41, 5.74) is 0.530. The third-order valence-electron chi connectivity index (χ3n) is 3.63. The third kappa shape index (κ3) is 3.34. The fourth-order valence-corrected chi connectivity index (χ4v) is 2.44. The molecule has 0 aromatic carbocycles. The van der Waals surface area contributed by atoms with E-state index in [-0.39, 0.29) is 0 Å². The van der Waals surface area contributed by atoms with Gasteiger partial charge in [-0.1, -0.05) is 25.4 Å².